The van der Waals surface area contributed by atoms with Crippen molar-refractivity contribution in [2.75, 3.05) is 0 Å². The van der Waals surface area contributed by atoms with Gasteiger partial charge >= 0.3 is 0 Å². The number of nitrogens with zero attached hydrogens (tertiary/aromatic N) is 1. The van der Waals surface area contributed by atoms with Crippen LogP contribution in [-0.4, -0.2) is 4.98 Å². The molecule has 1 aromatic heterocycles. The van der Waals surface area contributed by atoms with Crippen LogP contribution in [0, 0.1) is 5.82 Å². The van der Waals surface area contributed by atoms with Crippen LogP contribution in [-0.2, 0) is 5.88 Å². The summed E-state index contributed by atoms with van der Waals surface area (Å²) in [6, 6.07) is 5.81. The minimum atomic E-state index is -0.363. The van der Waals surface area contributed by atoms with Crippen molar-refractivity contribution < 1.29 is 9.13 Å². The second-order valence-electron chi connectivity index (χ2n) is 2.89. The van der Waals surface area contributed by atoms with Crippen LogP contribution in [0.15, 0.2) is 24.3 Å². The van der Waals surface area contributed by atoms with Crippen molar-refractivity contribution in [1.82, 2.24) is 4.98 Å². The van der Waals surface area contributed by atoms with Crippen LogP contribution in [0.2, 0.25) is 5.15 Å². The van der Waals surface area contributed by atoms with Crippen LogP contribution in [0.25, 0.3) is 0 Å². The van der Waals surface area contributed by atoms with E-state index in [0.717, 1.165) is 4.88 Å². The van der Waals surface area contributed by atoms with Gasteiger partial charge in [0.1, 0.15) is 16.7 Å². The van der Waals surface area contributed by atoms with Crippen LogP contribution in [0.4, 0.5) is 4.39 Å². The molecule has 0 N–H and O–H groups in total. The highest BCUT2D eigenvalue weighted by atomic mass is 35.5. The fraction of sp³-hybridized carbons (Fsp3) is 0.100. The van der Waals surface area contributed by atoms with Crippen LogP contribution < -0.4 is 4.74 Å². The van der Waals surface area contributed by atoms with Gasteiger partial charge in [-0.3, -0.25) is 0 Å². The van der Waals surface area contributed by atoms with Gasteiger partial charge in [-0.25, -0.2) is 4.39 Å². The second-order valence-corrected chi connectivity index (χ2v) is 4.56. The third kappa shape index (κ3) is 2.64. The summed E-state index contributed by atoms with van der Waals surface area (Å²) in [5, 5.41) is 0.678. The first-order valence-electron chi connectivity index (χ1n) is 4.33. The summed E-state index contributed by atoms with van der Waals surface area (Å²) in [6.07, 6.45) is 0. The summed E-state index contributed by atoms with van der Waals surface area (Å²) in [5.74, 6) is 0.299. The summed E-state index contributed by atoms with van der Waals surface area (Å²) in [7, 11) is 0. The molecule has 2 nitrogen and oxygen atoms in total. The number of thiazole rings is 1. The minimum absolute atomic E-state index is 0.281. The van der Waals surface area contributed by atoms with Crippen LogP contribution in [0.5, 0.6) is 10.9 Å². The predicted octanol–water partition coefficient (Wildman–Crippen LogP) is 4.47. The number of hydrogen-bond acceptors (Lipinski definition) is 3. The molecule has 0 aliphatic carbocycles. The second kappa shape index (κ2) is 4.99. The van der Waals surface area contributed by atoms with Gasteiger partial charge in [0.25, 0.3) is 5.19 Å². The van der Waals surface area contributed by atoms with E-state index in [1.54, 1.807) is 12.1 Å². The monoisotopic (exact) mass is 277 g/mol. The van der Waals surface area contributed by atoms with E-state index in [4.69, 9.17) is 27.9 Å². The highest BCUT2D eigenvalue weighted by Crippen LogP contribution is 2.32. The lowest BCUT2D eigenvalue weighted by molar-refractivity contribution is 0.473. The van der Waals surface area contributed by atoms with Crippen molar-refractivity contribution in [1.29, 1.82) is 0 Å². The van der Waals surface area contributed by atoms with E-state index in [1.165, 1.54) is 23.5 Å². The normalized spacial score (nSPS) is 10.4. The number of alkyl halides is 1. The van der Waals surface area contributed by atoms with Gasteiger partial charge in [0.05, 0.1) is 10.8 Å². The smallest absolute Gasteiger partial charge is 0.280 e. The van der Waals surface area contributed by atoms with E-state index in [1.807, 2.05) is 0 Å². The Balaban J connectivity index is 2.20. The average Bonchev–Trinajstić information content (AvgIpc) is 2.58. The Bertz CT molecular complexity index is 503. The number of aromatic nitrogens is 1. The topological polar surface area (TPSA) is 22.1 Å². The van der Waals surface area contributed by atoms with E-state index in [0.29, 0.717) is 16.1 Å². The zero-order chi connectivity index (χ0) is 11.5. The molecule has 0 atom stereocenters. The van der Waals surface area contributed by atoms with Gasteiger partial charge in [-0.2, -0.15) is 4.98 Å². The number of benzene rings is 1. The van der Waals surface area contributed by atoms with Gasteiger partial charge in [0.15, 0.2) is 0 Å². The fourth-order valence-electron chi connectivity index (χ4n) is 1.07. The number of rotatable bonds is 3. The molecule has 0 saturated carbocycles. The molecule has 0 fully saturated rings. The van der Waals surface area contributed by atoms with Crippen molar-refractivity contribution in [3.63, 3.8) is 0 Å². The lowest BCUT2D eigenvalue weighted by Gasteiger charge is -2.00. The van der Waals surface area contributed by atoms with Crippen molar-refractivity contribution in [3.8, 4) is 10.9 Å². The Kier molecular flexibility index (Phi) is 3.63. The summed E-state index contributed by atoms with van der Waals surface area (Å²) < 4.78 is 18.2. The maximum absolute atomic E-state index is 12.9. The van der Waals surface area contributed by atoms with E-state index >= 15 is 0 Å². The Morgan fingerprint density at radius 2 is 2.25 bits per heavy atom. The van der Waals surface area contributed by atoms with Crippen molar-refractivity contribution in [2.45, 2.75) is 5.88 Å². The number of halogens is 3. The quantitative estimate of drug-likeness (QED) is 0.773. The van der Waals surface area contributed by atoms with Crippen molar-refractivity contribution in [3.05, 3.63) is 40.1 Å². The zero-order valence-electron chi connectivity index (χ0n) is 7.91. The molecule has 0 unspecified atom stereocenters. The van der Waals surface area contributed by atoms with Crippen LogP contribution in [0.1, 0.15) is 4.88 Å². The Morgan fingerprint density at radius 3 is 2.88 bits per heavy atom. The SMILES string of the molecule is Fc1cccc(Oc2nc(Cl)c(CCl)s2)c1. The molecule has 0 amide bonds. The van der Waals surface area contributed by atoms with E-state index < -0.39 is 0 Å². The third-order valence-electron chi connectivity index (χ3n) is 1.75. The van der Waals surface area contributed by atoms with Crippen LogP contribution >= 0.6 is 34.5 Å². The summed E-state index contributed by atoms with van der Waals surface area (Å²) >= 11 is 12.7. The molecule has 0 spiro atoms. The van der Waals surface area contributed by atoms with Gasteiger partial charge in [-0.1, -0.05) is 29.0 Å². The first-order valence-corrected chi connectivity index (χ1v) is 6.06. The van der Waals surface area contributed by atoms with Gasteiger partial charge in [-0.15, -0.1) is 11.6 Å². The van der Waals surface area contributed by atoms with Gasteiger partial charge in [0, 0.05) is 6.07 Å². The van der Waals surface area contributed by atoms with E-state index in [9.17, 15) is 4.39 Å². The molecule has 1 aromatic carbocycles. The molecule has 2 aromatic rings. The lowest BCUT2D eigenvalue weighted by atomic mass is 10.3. The molecular weight excluding hydrogens is 272 g/mol. The van der Waals surface area contributed by atoms with Gasteiger partial charge < -0.3 is 4.74 Å². The zero-order valence-corrected chi connectivity index (χ0v) is 10.2. The Labute approximate surface area is 106 Å². The average molecular weight is 278 g/mol. The molecule has 1 heterocycles. The molecule has 0 radical (unpaired) electrons. The Morgan fingerprint density at radius 1 is 1.44 bits per heavy atom. The molecule has 0 aliphatic rings. The van der Waals surface area contributed by atoms with Crippen molar-refractivity contribution >= 4 is 34.5 Å². The molecule has 0 saturated heterocycles. The predicted molar refractivity (Wildman–Crippen MR) is 63.2 cm³/mol. The lowest BCUT2D eigenvalue weighted by Crippen LogP contribution is -1.83. The van der Waals surface area contributed by atoms with Crippen molar-refractivity contribution in [2.24, 2.45) is 0 Å². The largest absolute Gasteiger partial charge is 0.431 e. The van der Waals surface area contributed by atoms with Crippen LogP contribution in [0.3, 0.4) is 0 Å². The summed E-state index contributed by atoms with van der Waals surface area (Å²) in [6.45, 7) is 0. The van der Waals surface area contributed by atoms with Gasteiger partial charge in [0.2, 0.25) is 0 Å². The molecule has 6 heteroatoms. The van der Waals surface area contributed by atoms with E-state index in [2.05, 4.69) is 4.98 Å². The number of hydrogen-bond donors (Lipinski definition) is 0. The molecule has 16 heavy (non-hydrogen) atoms. The molecule has 2 rings (SSSR count). The number of ether oxygens (including phenoxy) is 1. The maximum atomic E-state index is 12.9. The Hall–Kier alpha value is -0.840. The highest BCUT2D eigenvalue weighted by Gasteiger charge is 2.10. The minimum Gasteiger partial charge on any atom is -0.431 e. The third-order valence-corrected chi connectivity index (χ3v) is 3.54. The molecule has 0 bridgehead atoms. The first-order chi connectivity index (χ1) is 7.69. The highest BCUT2D eigenvalue weighted by molar-refractivity contribution is 7.14. The molecular formula is C10H6Cl2FNOS. The molecule has 84 valence electrons. The summed E-state index contributed by atoms with van der Waals surface area (Å²) in [4.78, 5) is 4.69. The maximum Gasteiger partial charge on any atom is 0.280 e. The summed E-state index contributed by atoms with van der Waals surface area (Å²) in [5.41, 5.74) is 0. The standard InChI is InChI=1S/C10H6Cl2FNOS/c11-5-8-9(12)14-10(16-8)15-7-3-1-2-6(13)4-7/h1-4H,5H2. The first kappa shape index (κ1) is 11.6. The van der Waals surface area contributed by atoms with E-state index in [-0.39, 0.29) is 11.7 Å². The molecule has 0 aliphatic heterocycles. The van der Waals surface area contributed by atoms with Gasteiger partial charge in [-0.05, 0) is 12.1 Å². The fourth-order valence-corrected chi connectivity index (χ4v) is 2.41.